The van der Waals surface area contributed by atoms with Crippen LogP contribution in [0.1, 0.15) is 18.7 Å². The zero-order valence-corrected chi connectivity index (χ0v) is 14.4. The maximum atomic E-state index is 5.93. The molecule has 106 valence electrons. The first-order valence-corrected chi connectivity index (χ1v) is 8.05. The highest BCUT2D eigenvalue weighted by Crippen LogP contribution is 2.32. The van der Waals surface area contributed by atoms with Crippen LogP contribution in [0.3, 0.4) is 0 Å². The first-order valence-electron chi connectivity index (χ1n) is 6.47. The monoisotopic (exact) mass is 391 g/mol. The Morgan fingerprint density at radius 3 is 3.00 bits per heavy atom. The summed E-state index contributed by atoms with van der Waals surface area (Å²) in [5, 5.41) is 3.37. The van der Waals surface area contributed by atoms with Crippen LogP contribution in [0.25, 0.3) is 0 Å². The molecular weight excluding hydrogens is 374 g/mol. The van der Waals surface area contributed by atoms with Gasteiger partial charge in [-0.2, -0.15) is 0 Å². The summed E-state index contributed by atoms with van der Waals surface area (Å²) in [5.74, 6) is 0. The van der Waals surface area contributed by atoms with E-state index in [2.05, 4.69) is 61.0 Å². The van der Waals surface area contributed by atoms with Crippen molar-refractivity contribution < 1.29 is 4.74 Å². The van der Waals surface area contributed by atoms with Gasteiger partial charge < -0.3 is 10.1 Å². The molecule has 19 heavy (non-hydrogen) atoms. The number of morpholine rings is 1. The minimum atomic E-state index is 0.128. The summed E-state index contributed by atoms with van der Waals surface area (Å²) >= 11 is 7.05. The molecule has 0 saturated carbocycles. The number of nitrogens with one attached hydrogen (secondary N) is 1. The van der Waals surface area contributed by atoms with Gasteiger partial charge in [0.25, 0.3) is 0 Å². The Morgan fingerprint density at radius 1 is 1.53 bits per heavy atom. The first kappa shape index (κ1) is 15.4. The minimum Gasteiger partial charge on any atom is -0.374 e. The predicted octanol–water partition coefficient (Wildman–Crippen LogP) is 2.59. The summed E-state index contributed by atoms with van der Waals surface area (Å²) < 4.78 is 7.92. The Hall–Kier alpha value is -0.0100. The molecule has 1 aliphatic heterocycles. The molecule has 2 rings (SSSR count). The number of halogens is 2. The lowest BCUT2D eigenvalue weighted by Gasteiger charge is -2.39. The average Bonchev–Trinajstić information content (AvgIpc) is 2.37. The Bertz CT molecular complexity index is 430. The van der Waals surface area contributed by atoms with Crippen molar-refractivity contribution >= 4 is 31.9 Å². The molecule has 4 nitrogen and oxygen atoms in total. The molecular formula is C13H19Br2N3O. The van der Waals surface area contributed by atoms with Gasteiger partial charge in [0.05, 0.1) is 24.4 Å². The smallest absolute Gasteiger partial charge is 0.0912 e. The van der Waals surface area contributed by atoms with Gasteiger partial charge >= 0.3 is 0 Å². The van der Waals surface area contributed by atoms with E-state index in [1.54, 1.807) is 0 Å². The number of aromatic nitrogens is 1. The van der Waals surface area contributed by atoms with Crippen LogP contribution in [0.15, 0.2) is 21.2 Å². The molecule has 1 N–H and O–H groups in total. The molecule has 0 aromatic carbocycles. The SMILES string of the molecule is CCNCC1OCCN(C)C1c1ncc(Br)cc1Br. The van der Waals surface area contributed by atoms with Gasteiger partial charge in [-0.1, -0.05) is 6.92 Å². The van der Waals surface area contributed by atoms with Crippen molar-refractivity contribution in [2.24, 2.45) is 0 Å². The maximum absolute atomic E-state index is 5.93. The molecule has 1 aromatic rings. The molecule has 0 aliphatic carbocycles. The van der Waals surface area contributed by atoms with E-state index in [9.17, 15) is 0 Å². The Labute approximate surface area is 131 Å². The molecule has 2 unspecified atom stereocenters. The minimum absolute atomic E-state index is 0.128. The topological polar surface area (TPSA) is 37.4 Å². The van der Waals surface area contributed by atoms with Crippen molar-refractivity contribution in [1.29, 1.82) is 0 Å². The number of ether oxygens (including phenoxy) is 1. The van der Waals surface area contributed by atoms with Crippen molar-refractivity contribution in [2.45, 2.75) is 19.1 Å². The summed E-state index contributed by atoms with van der Waals surface area (Å²) in [6.45, 7) is 5.60. The molecule has 2 heterocycles. The van der Waals surface area contributed by atoms with Crippen LogP contribution in [0.4, 0.5) is 0 Å². The van der Waals surface area contributed by atoms with Crippen molar-refractivity contribution in [3.63, 3.8) is 0 Å². The Balaban J connectivity index is 2.25. The van der Waals surface area contributed by atoms with E-state index in [0.29, 0.717) is 0 Å². The fraction of sp³-hybridized carbons (Fsp3) is 0.615. The molecule has 1 saturated heterocycles. The third kappa shape index (κ3) is 3.76. The number of hydrogen-bond donors (Lipinski definition) is 1. The fourth-order valence-corrected chi connectivity index (χ4v) is 3.57. The van der Waals surface area contributed by atoms with Gasteiger partial charge in [0.1, 0.15) is 0 Å². The van der Waals surface area contributed by atoms with Crippen LogP contribution < -0.4 is 5.32 Å². The predicted molar refractivity (Wildman–Crippen MR) is 83.3 cm³/mol. The van der Waals surface area contributed by atoms with Gasteiger partial charge in [0.15, 0.2) is 0 Å². The molecule has 1 fully saturated rings. The number of nitrogens with zero attached hydrogens (tertiary/aromatic N) is 2. The van der Waals surface area contributed by atoms with Crippen LogP contribution in [0.5, 0.6) is 0 Å². The fourth-order valence-electron chi connectivity index (χ4n) is 2.35. The lowest BCUT2D eigenvalue weighted by atomic mass is 10.0. The van der Waals surface area contributed by atoms with Crippen LogP contribution in [0, 0.1) is 0 Å². The Kier molecular flexibility index (Phi) is 5.77. The third-order valence-corrected chi connectivity index (χ3v) is 4.38. The molecule has 2 atom stereocenters. The second-order valence-corrected chi connectivity index (χ2v) is 6.43. The maximum Gasteiger partial charge on any atom is 0.0912 e. The zero-order valence-electron chi connectivity index (χ0n) is 11.2. The molecule has 0 spiro atoms. The largest absolute Gasteiger partial charge is 0.374 e. The second-order valence-electron chi connectivity index (χ2n) is 4.66. The van der Waals surface area contributed by atoms with Crippen LogP contribution in [-0.4, -0.2) is 49.3 Å². The quantitative estimate of drug-likeness (QED) is 0.854. The summed E-state index contributed by atoms with van der Waals surface area (Å²) in [7, 11) is 2.13. The van der Waals surface area contributed by atoms with Crippen molar-refractivity contribution in [3.05, 3.63) is 26.9 Å². The highest BCUT2D eigenvalue weighted by Gasteiger charge is 2.33. The number of pyridine rings is 1. The molecule has 1 aromatic heterocycles. The molecule has 6 heteroatoms. The molecule has 0 radical (unpaired) electrons. The molecule has 1 aliphatic rings. The standard InChI is InChI=1S/C13H19Br2N3O/c1-3-16-8-11-13(18(2)4-5-19-11)12-10(15)6-9(14)7-17-12/h6-7,11,13,16H,3-5,8H2,1-2H3. The summed E-state index contributed by atoms with van der Waals surface area (Å²) in [6.07, 6.45) is 1.97. The van der Waals surface area contributed by atoms with Gasteiger partial charge in [-0.25, -0.2) is 0 Å². The van der Waals surface area contributed by atoms with Crippen molar-refractivity contribution in [3.8, 4) is 0 Å². The van der Waals surface area contributed by atoms with E-state index in [-0.39, 0.29) is 12.1 Å². The van der Waals surface area contributed by atoms with Gasteiger partial charge in [-0.05, 0) is 51.5 Å². The van der Waals surface area contributed by atoms with Crippen molar-refractivity contribution in [2.75, 3.05) is 33.3 Å². The third-order valence-electron chi connectivity index (χ3n) is 3.31. The van der Waals surface area contributed by atoms with E-state index in [0.717, 1.165) is 40.9 Å². The highest BCUT2D eigenvalue weighted by molar-refractivity contribution is 9.11. The number of hydrogen-bond acceptors (Lipinski definition) is 4. The van der Waals surface area contributed by atoms with E-state index in [1.165, 1.54) is 0 Å². The summed E-state index contributed by atoms with van der Waals surface area (Å²) in [6, 6.07) is 2.21. The Morgan fingerprint density at radius 2 is 2.32 bits per heavy atom. The van der Waals surface area contributed by atoms with Gasteiger partial charge in [-0.15, -0.1) is 0 Å². The molecule has 0 amide bonds. The second kappa shape index (κ2) is 7.13. The molecule has 0 bridgehead atoms. The number of likely N-dealkylation sites (N-methyl/N-ethyl adjacent to an activating group) is 2. The number of rotatable bonds is 4. The summed E-state index contributed by atoms with van der Waals surface area (Å²) in [4.78, 5) is 6.88. The van der Waals surface area contributed by atoms with E-state index >= 15 is 0 Å². The normalized spacial score (nSPS) is 24.6. The summed E-state index contributed by atoms with van der Waals surface area (Å²) in [5.41, 5.74) is 1.04. The van der Waals surface area contributed by atoms with Gasteiger partial charge in [-0.3, -0.25) is 9.88 Å². The van der Waals surface area contributed by atoms with E-state index < -0.39 is 0 Å². The van der Waals surface area contributed by atoms with Crippen LogP contribution in [0.2, 0.25) is 0 Å². The zero-order chi connectivity index (χ0) is 13.8. The van der Waals surface area contributed by atoms with E-state index in [4.69, 9.17) is 4.74 Å². The average molecular weight is 393 g/mol. The first-order chi connectivity index (χ1) is 9.13. The highest BCUT2D eigenvalue weighted by atomic mass is 79.9. The van der Waals surface area contributed by atoms with E-state index in [1.807, 2.05) is 12.3 Å². The lowest BCUT2D eigenvalue weighted by Crippen LogP contribution is -2.47. The van der Waals surface area contributed by atoms with Crippen LogP contribution >= 0.6 is 31.9 Å². The van der Waals surface area contributed by atoms with Gasteiger partial charge in [0, 0.05) is 28.2 Å². The van der Waals surface area contributed by atoms with Gasteiger partial charge in [0.2, 0.25) is 0 Å². The van der Waals surface area contributed by atoms with Crippen LogP contribution in [-0.2, 0) is 4.74 Å². The van der Waals surface area contributed by atoms with Crippen molar-refractivity contribution in [1.82, 2.24) is 15.2 Å². The lowest BCUT2D eigenvalue weighted by molar-refractivity contribution is -0.0627.